The smallest absolute Gasteiger partial charge is 0.236 e. The van der Waals surface area contributed by atoms with Gasteiger partial charge in [0.1, 0.15) is 5.52 Å². The van der Waals surface area contributed by atoms with Crippen molar-refractivity contribution >= 4 is 33.5 Å². The van der Waals surface area contributed by atoms with Gasteiger partial charge in [0.05, 0.1) is 17.2 Å². The van der Waals surface area contributed by atoms with Gasteiger partial charge in [-0.15, -0.1) is 0 Å². The summed E-state index contributed by atoms with van der Waals surface area (Å²) in [5.74, 6) is -0.0855. The molecule has 0 saturated heterocycles. The van der Waals surface area contributed by atoms with Gasteiger partial charge in [-0.1, -0.05) is 103 Å². The van der Waals surface area contributed by atoms with Crippen LogP contribution < -0.4 is 5.32 Å². The molecular weight excluding hydrogens is 432 g/mol. The molecule has 0 aliphatic carbocycles. The number of benzene rings is 5. The predicted molar refractivity (Wildman–Crippen MR) is 140 cm³/mol. The number of anilines is 1. The van der Waals surface area contributed by atoms with Crippen LogP contribution in [0.1, 0.15) is 17.0 Å². The molecule has 4 nitrogen and oxygen atoms in total. The SMILES string of the molecule is O=C(Nc1ccccc1-c1nc2c(ccc3ccccc32)o1)C(c1ccccc1)c1ccccc1. The molecular formula is C31H22N2O2. The van der Waals surface area contributed by atoms with Crippen LogP contribution in [0, 0.1) is 0 Å². The molecule has 168 valence electrons. The summed E-state index contributed by atoms with van der Waals surface area (Å²) in [7, 11) is 0. The van der Waals surface area contributed by atoms with Gasteiger partial charge in [-0.2, -0.15) is 0 Å². The lowest BCUT2D eigenvalue weighted by Gasteiger charge is -2.19. The molecule has 0 aliphatic heterocycles. The van der Waals surface area contributed by atoms with Crippen molar-refractivity contribution in [3.8, 4) is 11.5 Å². The van der Waals surface area contributed by atoms with Crippen molar-refractivity contribution in [3.05, 3.63) is 132 Å². The Kier molecular flexibility index (Phi) is 5.32. The van der Waals surface area contributed by atoms with Gasteiger partial charge in [0.2, 0.25) is 11.8 Å². The molecule has 0 fully saturated rings. The van der Waals surface area contributed by atoms with Crippen molar-refractivity contribution < 1.29 is 9.21 Å². The second kappa shape index (κ2) is 8.92. The van der Waals surface area contributed by atoms with E-state index >= 15 is 0 Å². The van der Waals surface area contributed by atoms with Gasteiger partial charge < -0.3 is 9.73 Å². The molecule has 0 bridgehead atoms. The number of carbonyl (C=O) groups is 1. The molecule has 1 aromatic heterocycles. The third-order valence-electron chi connectivity index (χ3n) is 6.23. The molecule has 0 atom stereocenters. The van der Waals surface area contributed by atoms with E-state index in [2.05, 4.69) is 11.4 Å². The number of aromatic nitrogens is 1. The Balaban J connectivity index is 1.40. The highest BCUT2D eigenvalue weighted by Gasteiger charge is 2.24. The quantitative estimate of drug-likeness (QED) is 0.295. The highest BCUT2D eigenvalue weighted by molar-refractivity contribution is 6.05. The van der Waals surface area contributed by atoms with Crippen LogP contribution in [-0.4, -0.2) is 10.9 Å². The topological polar surface area (TPSA) is 55.1 Å². The van der Waals surface area contributed by atoms with Crippen LogP contribution in [-0.2, 0) is 4.79 Å². The van der Waals surface area contributed by atoms with E-state index in [4.69, 9.17) is 9.40 Å². The number of nitrogens with zero attached hydrogens (tertiary/aromatic N) is 1. The number of hydrogen-bond acceptors (Lipinski definition) is 3. The van der Waals surface area contributed by atoms with E-state index < -0.39 is 5.92 Å². The minimum Gasteiger partial charge on any atom is -0.436 e. The van der Waals surface area contributed by atoms with Gasteiger partial charge in [0.15, 0.2) is 5.58 Å². The average molecular weight is 455 g/mol. The Morgan fingerprint density at radius 1 is 0.686 bits per heavy atom. The molecule has 6 rings (SSSR count). The maximum Gasteiger partial charge on any atom is 0.236 e. The third kappa shape index (κ3) is 3.96. The first-order valence-electron chi connectivity index (χ1n) is 11.6. The van der Waals surface area contributed by atoms with Crippen molar-refractivity contribution in [2.24, 2.45) is 0 Å². The molecule has 0 radical (unpaired) electrons. The van der Waals surface area contributed by atoms with E-state index in [1.54, 1.807) is 0 Å². The van der Waals surface area contributed by atoms with Gasteiger partial charge in [-0.25, -0.2) is 4.98 Å². The fraction of sp³-hybridized carbons (Fsp3) is 0.0323. The van der Waals surface area contributed by atoms with Crippen LogP contribution in [0.3, 0.4) is 0 Å². The van der Waals surface area contributed by atoms with E-state index in [-0.39, 0.29) is 5.91 Å². The lowest BCUT2D eigenvalue weighted by Crippen LogP contribution is -2.22. The van der Waals surface area contributed by atoms with Gasteiger partial charge >= 0.3 is 0 Å². The molecule has 5 aromatic carbocycles. The number of nitrogens with one attached hydrogen (secondary N) is 1. The molecule has 1 N–H and O–H groups in total. The van der Waals surface area contributed by atoms with Crippen LogP contribution in [0.2, 0.25) is 0 Å². The summed E-state index contributed by atoms with van der Waals surface area (Å²) in [6.45, 7) is 0. The average Bonchev–Trinajstić information content (AvgIpc) is 3.35. The van der Waals surface area contributed by atoms with Crippen LogP contribution >= 0.6 is 0 Å². The fourth-order valence-electron chi connectivity index (χ4n) is 4.55. The molecule has 4 heteroatoms. The lowest BCUT2D eigenvalue weighted by atomic mass is 9.90. The van der Waals surface area contributed by atoms with E-state index in [0.717, 1.165) is 33.0 Å². The van der Waals surface area contributed by atoms with E-state index in [1.165, 1.54) is 0 Å². The maximum absolute atomic E-state index is 13.7. The van der Waals surface area contributed by atoms with Crippen LogP contribution in [0.15, 0.2) is 126 Å². The van der Waals surface area contributed by atoms with E-state index in [0.29, 0.717) is 17.2 Å². The first kappa shape index (κ1) is 20.9. The Morgan fingerprint density at radius 2 is 1.31 bits per heavy atom. The summed E-state index contributed by atoms with van der Waals surface area (Å²) in [6, 6.07) is 39.4. The maximum atomic E-state index is 13.7. The Morgan fingerprint density at radius 3 is 2.06 bits per heavy atom. The zero-order valence-electron chi connectivity index (χ0n) is 18.9. The van der Waals surface area contributed by atoms with Gasteiger partial charge in [0, 0.05) is 5.39 Å². The molecule has 0 saturated carbocycles. The highest BCUT2D eigenvalue weighted by atomic mass is 16.3. The van der Waals surface area contributed by atoms with Crippen molar-refractivity contribution in [1.29, 1.82) is 0 Å². The van der Waals surface area contributed by atoms with Crippen LogP contribution in [0.5, 0.6) is 0 Å². The second-order valence-corrected chi connectivity index (χ2v) is 8.44. The van der Waals surface area contributed by atoms with Crippen LogP contribution in [0.4, 0.5) is 5.69 Å². The number of rotatable bonds is 5. The predicted octanol–water partition coefficient (Wildman–Crippen LogP) is 7.42. The molecule has 0 unspecified atom stereocenters. The summed E-state index contributed by atoms with van der Waals surface area (Å²) < 4.78 is 6.15. The fourth-order valence-corrected chi connectivity index (χ4v) is 4.55. The Hall–Kier alpha value is -4.70. The molecule has 0 aliphatic rings. The van der Waals surface area contributed by atoms with Crippen LogP contribution in [0.25, 0.3) is 33.3 Å². The number of oxazole rings is 1. The number of amides is 1. The summed E-state index contributed by atoms with van der Waals surface area (Å²) in [5.41, 5.74) is 4.78. The third-order valence-corrected chi connectivity index (χ3v) is 6.23. The van der Waals surface area contributed by atoms with Crippen molar-refractivity contribution in [2.45, 2.75) is 5.92 Å². The van der Waals surface area contributed by atoms with Crippen molar-refractivity contribution in [3.63, 3.8) is 0 Å². The zero-order chi connectivity index (χ0) is 23.6. The summed E-state index contributed by atoms with van der Waals surface area (Å²) in [4.78, 5) is 18.5. The van der Waals surface area contributed by atoms with Gasteiger partial charge in [-0.05, 0) is 34.7 Å². The number of carbonyl (C=O) groups excluding carboxylic acids is 1. The summed E-state index contributed by atoms with van der Waals surface area (Å²) in [5, 5.41) is 5.29. The monoisotopic (exact) mass is 454 g/mol. The minimum atomic E-state index is -0.446. The molecule has 35 heavy (non-hydrogen) atoms. The van der Waals surface area contributed by atoms with E-state index in [9.17, 15) is 4.79 Å². The second-order valence-electron chi connectivity index (χ2n) is 8.44. The minimum absolute atomic E-state index is 0.114. The highest BCUT2D eigenvalue weighted by Crippen LogP contribution is 2.34. The Bertz CT molecular complexity index is 1600. The Labute approximate surface area is 202 Å². The first-order valence-corrected chi connectivity index (χ1v) is 11.6. The molecule has 1 amide bonds. The normalized spacial score (nSPS) is 11.2. The largest absolute Gasteiger partial charge is 0.436 e. The van der Waals surface area contributed by atoms with Gasteiger partial charge in [0.25, 0.3) is 0 Å². The number of para-hydroxylation sites is 1. The lowest BCUT2D eigenvalue weighted by molar-refractivity contribution is -0.116. The molecule has 0 spiro atoms. The van der Waals surface area contributed by atoms with Gasteiger partial charge in [-0.3, -0.25) is 4.79 Å². The van der Waals surface area contributed by atoms with E-state index in [1.807, 2.05) is 115 Å². The zero-order valence-corrected chi connectivity index (χ0v) is 18.9. The van der Waals surface area contributed by atoms with Crippen molar-refractivity contribution in [1.82, 2.24) is 4.98 Å². The number of hydrogen-bond donors (Lipinski definition) is 1. The number of fused-ring (bicyclic) bond motifs is 3. The first-order chi connectivity index (χ1) is 17.3. The summed E-state index contributed by atoms with van der Waals surface area (Å²) >= 11 is 0. The van der Waals surface area contributed by atoms with Crippen molar-refractivity contribution in [2.75, 3.05) is 5.32 Å². The summed E-state index contributed by atoms with van der Waals surface area (Å²) in [6.07, 6.45) is 0. The standard InChI is InChI=1S/C31H22N2O2/c34-30(28(22-12-3-1-4-13-22)23-14-5-2-6-15-23)32-26-18-10-9-17-25(26)31-33-29-24-16-8-7-11-21(24)19-20-27(29)35-31/h1-20,28H,(H,32,34). The molecule has 6 aromatic rings. The molecule has 1 heterocycles.